The molecule has 0 aromatic heterocycles. The van der Waals surface area contributed by atoms with E-state index in [0.717, 1.165) is 19.6 Å². The van der Waals surface area contributed by atoms with Crippen LogP contribution in [0.5, 0.6) is 0 Å². The second kappa shape index (κ2) is 6.21. The SMILES string of the molecule is CNCC1CN(C)CCCN1c1ccccc1C. The van der Waals surface area contributed by atoms with E-state index in [4.69, 9.17) is 0 Å². The molecule has 0 amide bonds. The molecule has 1 aromatic carbocycles. The molecule has 1 heterocycles. The van der Waals surface area contributed by atoms with E-state index in [1.807, 2.05) is 7.05 Å². The van der Waals surface area contributed by atoms with Crippen molar-refractivity contribution in [3.8, 4) is 0 Å². The number of para-hydroxylation sites is 1. The number of anilines is 1. The molecule has 1 N–H and O–H groups in total. The van der Waals surface area contributed by atoms with Crippen LogP contribution >= 0.6 is 0 Å². The van der Waals surface area contributed by atoms with Gasteiger partial charge in [-0.25, -0.2) is 0 Å². The number of aryl methyl sites for hydroxylation is 1. The fraction of sp³-hybridized carbons (Fsp3) is 0.600. The van der Waals surface area contributed by atoms with E-state index in [-0.39, 0.29) is 0 Å². The molecule has 0 saturated carbocycles. The molecule has 1 saturated heterocycles. The smallest absolute Gasteiger partial charge is 0.0541 e. The van der Waals surface area contributed by atoms with Gasteiger partial charge in [0.2, 0.25) is 0 Å². The normalized spacial score (nSPS) is 21.9. The molecule has 1 aliphatic rings. The summed E-state index contributed by atoms with van der Waals surface area (Å²) in [6, 6.07) is 9.29. The van der Waals surface area contributed by atoms with Crippen LogP contribution in [0.3, 0.4) is 0 Å². The molecule has 3 nitrogen and oxygen atoms in total. The number of benzene rings is 1. The molecule has 0 bridgehead atoms. The Kier molecular flexibility index (Phi) is 4.61. The van der Waals surface area contributed by atoms with Crippen molar-refractivity contribution in [2.24, 2.45) is 0 Å². The highest BCUT2D eigenvalue weighted by molar-refractivity contribution is 5.54. The summed E-state index contributed by atoms with van der Waals surface area (Å²) in [5.74, 6) is 0. The second-order valence-electron chi connectivity index (χ2n) is 5.31. The van der Waals surface area contributed by atoms with Crippen LogP contribution in [-0.4, -0.2) is 51.2 Å². The van der Waals surface area contributed by atoms with Crippen LogP contribution in [0.25, 0.3) is 0 Å². The molecule has 3 heteroatoms. The van der Waals surface area contributed by atoms with Crippen molar-refractivity contribution < 1.29 is 0 Å². The number of rotatable bonds is 3. The van der Waals surface area contributed by atoms with Gasteiger partial charge in [-0.05, 0) is 45.6 Å². The fourth-order valence-corrected chi connectivity index (χ4v) is 2.86. The Hall–Kier alpha value is -1.06. The Morgan fingerprint density at radius 1 is 1.28 bits per heavy atom. The largest absolute Gasteiger partial charge is 0.366 e. The minimum Gasteiger partial charge on any atom is -0.366 e. The molecule has 1 atom stereocenters. The van der Waals surface area contributed by atoms with E-state index >= 15 is 0 Å². The third-order valence-electron chi connectivity index (χ3n) is 3.77. The highest BCUT2D eigenvalue weighted by atomic mass is 15.2. The van der Waals surface area contributed by atoms with Gasteiger partial charge in [0.25, 0.3) is 0 Å². The van der Waals surface area contributed by atoms with Gasteiger partial charge in [0.1, 0.15) is 0 Å². The Morgan fingerprint density at radius 2 is 2.06 bits per heavy atom. The molecule has 0 aliphatic carbocycles. The van der Waals surface area contributed by atoms with Crippen molar-refractivity contribution >= 4 is 5.69 Å². The van der Waals surface area contributed by atoms with Gasteiger partial charge in [-0.15, -0.1) is 0 Å². The Bertz CT molecular complexity index is 378. The zero-order valence-electron chi connectivity index (χ0n) is 11.8. The number of hydrogen-bond donors (Lipinski definition) is 1. The summed E-state index contributed by atoms with van der Waals surface area (Å²) < 4.78 is 0. The predicted octanol–water partition coefficient (Wildman–Crippen LogP) is 1.72. The van der Waals surface area contributed by atoms with Crippen molar-refractivity contribution in [1.82, 2.24) is 10.2 Å². The Labute approximate surface area is 111 Å². The van der Waals surface area contributed by atoms with Crippen LogP contribution in [0.1, 0.15) is 12.0 Å². The van der Waals surface area contributed by atoms with Gasteiger partial charge in [-0.3, -0.25) is 0 Å². The summed E-state index contributed by atoms with van der Waals surface area (Å²) in [7, 11) is 4.27. The summed E-state index contributed by atoms with van der Waals surface area (Å²) >= 11 is 0. The van der Waals surface area contributed by atoms with Crippen LogP contribution in [-0.2, 0) is 0 Å². The predicted molar refractivity (Wildman–Crippen MR) is 78.4 cm³/mol. The Balaban J connectivity index is 2.24. The summed E-state index contributed by atoms with van der Waals surface area (Å²) in [6.45, 7) is 6.73. The number of hydrogen-bond acceptors (Lipinski definition) is 3. The fourth-order valence-electron chi connectivity index (χ4n) is 2.86. The summed E-state index contributed by atoms with van der Waals surface area (Å²) in [5.41, 5.74) is 2.77. The lowest BCUT2D eigenvalue weighted by atomic mass is 10.1. The molecular formula is C15H25N3. The highest BCUT2D eigenvalue weighted by Gasteiger charge is 2.23. The highest BCUT2D eigenvalue weighted by Crippen LogP contribution is 2.23. The zero-order valence-corrected chi connectivity index (χ0v) is 11.8. The van der Waals surface area contributed by atoms with Crippen molar-refractivity contribution in [2.75, 3.05) is 45.2 Å². The molecule has 1 aliphatic heterocycles. The van der Waals surface area contributed by atoms with E-state index in [0.29, 0.717) is 6.04 Å². The van der Waals surface area contributed by atoms with Gasteiger partial charge in [0, 0.05) is 25.3 Å². The first-order valence-corrected chi connectivity index (χ1v) is 6.88. The van der Waals surface area contributed by atoms with Crippen LogP contribution in [0.2, 0.25) is 0 Å². The third-order valence-corrected chi connectivity index (χ3v) is 3.77. The first kappa shape index (κ1) is 13.4. The van der Waals surface area contributed by atoms with Crippen molar-refractivity contribution in [1.29, 1.82) is 0 Å². The third kappa shape index (κ3) is 3.03. The van der Waals surface area contributed by atoms with Crippen LogP contribution < -0.4 is 10.2 Å². The maximum absolute atomic E-state index is 3.34. The van der Waals surface area contributed by atoms with Crippen molar-refractivity contribution in [3.05, 3.63) is 29.8 Å². The van der Waals surface area contributed by atoms with Gasteiger partial charge < -0.3 is 15.1 Å². The topological polar surface area (TPSA) is 18.5 Å². The van der Waals surface area contributed by atoms with E-state index in [1.54, 1.807) is 0 Å². The molecule has 1 fully saturated rings. The molecule has 0 spiro atoms. The lowest BCUT2D eigenvalue weighted by molar-refractivity contribution is 0.328. The second-order valence-corrected chi connectivity index (χ2v) is 5.31. The van der Waals surface area contributed by atoms with Crippen LogP contribution in [0.4, 0.5) is 5.69 Å². The summed E-state index contributed by atoms with van der Waals surface area (Å²) in [5, 5.41) is 3.34. The molecule has 2 rings (SSSR count). The monoisotopic (exact) mass is 247 g/mol. The van der Waals surface area contributed by atoms with Gasteiger partial charge in [0.05, 0.1) is 6.04 Å². The van der Waals surface area contributed by atoms with Gasteiger partial charge >= 0.3 is 0 Å². The maximum atomic E-state index is 3.34. The molecular weight excluding hydrogens is 222 g/mol. The first-order valence-electron chi connectivity index (χ1n) is 6.88. The van der Waals surface area contributed by atoms with E-state index < -0.39 is 0 Å². The van der Waals surface area contributed by atoms with E-state index in [9.17, 15) is 0 Å². The van der Waals surface area contributed by atoms with Gasteiger partial charge in [-0.2, -0.15) is 0 Å². The number of nitrogens with one attached hydrogen (secondary N) is 1. The lowest BCUT2D eigenvalue weighted by Gasteiger charge is -2.34. The van der Waals surface area contributed by atoms with Crippen molar-refractivity contribution in [2.45, 2.75) is 19.4 Å². The summed E-state index contributed by atoms with van der Waals surface area (Å²) in [4.78, 5) is 5.02. The lowest BCUT2D eigenvalue weighted by Crippen LogP contribution is -2.46. The van der Waals surface area contributed by atoms with E-state index in [1.165, 1.54) is 24.2 Å². The minimum atomic E-state index is 0.559. The van der Waals surface area contributed by atoms with Crippen LogP contribution in [0, 0.1) is 6.92 Å². The van der Waals surface area contributed by atoms with Crippen molar-refractivity contribution in [3.63, 3.8) is 0 Å². The minimum absolute atomic E-state index is 0.559. The molecule has 18 heavy (non-hydrogen) atoms. The average Bonchev–Trinajstić information content (AvgIpc) is 2.52. The summed E-state index contributed by atoms with van der Waals surface area (Å²) in [6.07, 6.45) is 1.24. The van der Waals surface area contributed by atoms with Crippen LogP contribution in [0.15, 0.2) is 24.3 Å². The average molecular weight is 247 g/mol. The van der Waals surface area contributed by atoms with E-state index in [2.05, 4.69) is 53.4 Å². The van der Waals surface area contributed by atoms with Gasteiger partial charge in [-0.1, -0.05) is 18.2 Å². The Morgan fingerprint density at radius 3 is 2.78 bits per heavy atom. The molecule has 1 unspecified atom stereocenters. The standard InChI is InChI=1S/C15H25N3/c1-13-7-4-5-8-15(13)18-10-6-9-17(3)12-14(18)11-16-2/h4-5,7-8,14,16H,6,9-12H2,1-3H3. The first-order chi connectivity index (χ1) is 8.72. The molecule has 0 radical (unpaired) electrons. The number of likely N-dealkylation sites (N-methyl/N-ethyl adjacent to an activating group) is 2. The maximum Gasteiger partial charge on any atom is 0.0541 e. The quantitative estimate of drug-likeness (QED) is 0.877. The van der Waals surface area contributed by atoms with Gasteiger partial charge in [0.15, 0.2) is 0 Å². The molecule has 1 aromatic rings. The number of nitrogens with zero attached hydrogens (tertiary/aromatic N) is 2. The molecule has 100 valence electrons. The zero-order chi connectivity index (χ0) is 13.0.